The molecule has 6 rings (SSSR count). The number of carbonyl (C=O) groups is 4. The lowest BCUT2D eigenvalue weighted by molar-refractivity contribution is -0.150. The van der Waals surface area contributed by atoms with E-state index in [-0.39, 0.29) is 42.7 Å². The van der Waals surface area contributed by atoms with Crippen LogP contribution in [0.4, 0.5) is 5.69 Å². The van der Waals surface area contributed by atoms with E-state index >= 15 is 0 Å². The van der Waals surface area contributed by atoms with E-state index in [1.807, 2.05) is 62.4 Å². The van der Waals surface area contributed by atoms with Gasteiger partial charge in [0.2, 0.25) is 0 Å². The molecule has 6 N–H and O–H groups in total. The number of aromatic nitrogens is 2. The van der Waals surface area contributed by atoms with Gasteiger partial charge in [-0.1, -0.05) is 30.3 Å². The van der Waals surface area contributed by atoms with Gasteiger partial charge in [-0.2, -0.15) is 0 Å². The van der Waals surface area contributed by atoms with Crippen LogP contribution in [0.25, 0.3) is 11.1 Å². The number of aliphatic carboxylic acids is 2. The summed E-state index contributed by atoms with van der Waals surface area (Å²) in [6.45, 7) is 6.04. The molecule has 0 spiro atoms. The minimum atomic E-state index is -1.50. The number of hydrogen-bond acceptors (Lipinski definition) is 9. The Hall–Kier alpha value is -5.30. The number of aliphatic hydroxyl groups excluding tert-OH is 2. The van der Waals surface area contributed by atoms with E-state index in [0.29, 0.717) is 23.7 Å². The van der Waals surface area contributed by atoms with Crippen LogP contribution in [0.2, 0.25) is 0 Å². The zero-order valence-corrected chi connectivity index (χ0v) is 32.3. The van der Waals surface area contributed by atoms with Crippen molar-refractivity contribution in [3.63, 3.8) is 0 Å². The molecule has 0 saturated heterocycles. The number of pyridine rings is 2. The van der Waals surface area contributed by atoms with Gasteiger partial charge in [0, 0.05) is 31.0 Å². The summed E-state index contributed by atoms with van der Waals surface area (Å²) in [6, 6.07) is 15.2. The van der Waals surface area contributed by atoms with Gasteiger partial charge in [0.05, 0.1) is 18.6 Å². The van der Waals surface area contributed by atoms with Crippen LogP contribution in [0, 0.1) is 19.3 Å². The molecule has 12 heteroatoms. The first kappa shape index (κ1) is 40.4. The second kappa shape index (κ2) is 16.4. The summed E-state index contributed by atoms with van der Waals surface area (Å²) >= 11 is 0. The predicted molar refractivity (Wildman–Crippen MR) is 211 cm³/mol. The Morgan fingerprint density at radius 3 is 1.95 bits per heavy atom. The molecule has 12 nitrogen and oxygen atoms in total. The van der Waals surface area contributed by atoms with E-state index in [2.05, 4.69) is 20.6 Å². The fourth-order valence-corrected chi connectivity index (χ4v) is 7.01. The molecule has 2 saturated carbocycles. The fraction of sp³-hybridized carbons (Fsp3) is 0.409. The van der Waals surface area contributed by atoms with E-state index in [9.17, 15) is 39.6 Å². The lowest BCUT2D eigenvalue weighted by Crippen LogP contribution is -2.52. The number of carboxylic acids is 2. The number of Topliss-reactive ketones (excluding diaryl/α,β-unsaturated/α-hetero) is 1. The molecular weight excluding hydrogens is 713 g/mol. The number of aryl methyl sites for hydroxylation is 1. The number of benzene rings is 2. The molecule has 0 aliphatic heterocycles. The van der Waals surface area contributed by atoms with Crippen molar-refractivity contribution in [2.24, 2.45) is 5.41 Å². The predicted octanol–water partition coefficient (Wildman–Crippen LogP) is 6.13. The smallest absolute Gasteiger partial charge is 0.326 e. The van der Waals surface area contributed by atoms with Crippen molar-refractivity contribution in [2.45, 2.75) is 96.6 Å². The summed E-state index contributed by atoms with van der Waals surface area (Å²) < 4.78 is 0. The van der Waals surface area contributed by atoms with Gasteiger partial charge in [-0.3, -0.25) is 34.5 Å². The number of nitrogens with zero attached hydrogens (tertiary/aromatic N) is 2. The number of nitrogens with one attached hydrogen (secondary N) is 2. The van der Waals surface area contributed by atoms with Crippen molar-refractivity contribution >= 4 is 29.3 Å². The molecule has 2 aliphatic rings. The fourth-order valence-electron chi connectivity index (χ4n) is 7.01. The summed E-state index contributed by atoms with van der Waals surface area (Å²) in [4.78, 5) is 59.6. The van der Waals surface area contributed by atoms with Gasteiger partial charge >= 0.3 is 11.9 Å². The molecule has 2 aromatic heterocycles. The zero-order valence-electron chi connectivity index (χ0n) is 32.3. The topological polar surface area (TPSA) is 199 Å². The van der Waals surface area contributed by atoms with E-state index in [1.165, 1.54) is 13.8 Å². The van der Waals surface area contributed by atoms with Gasteiger partial charge in [0.15, 0.2) is 5.78 Å². The maximum atomic E-state index is 13.7. The van der Waals surface area contributed by atoms with Crippen LogP contribution in [-0.2, 0) is 29.0 Å². The molecule has 1 amide bonds. The standard InChI is InChI=1S/C44H50N4O8/c1-25-29(17-39(51)37-18-35(28-13-14-28)31(21-45-37)22-47-44(4,24-50)42(55)56)7-5-8-32(25)33-9-6-10-36(26(33)2)48-40(52)38-19-34(27-11-12-27)30(20-46-38)15-16-43(3,23-49)41(53)54/h5-10,18-21,27-28,47,49-50H,11-17,22-24H2,1-4H3,(H,48,52)(H,53,54)(H,55,56)/t43-,44+/m0/s1. The minimum absolute atomic E-state index is 0.131. The van der Waals surface area contributed by atoms with Gasteiger partial charge in [-0.05, 0) is 146 Å². The first-order valence-corrected chi connectivity index (χ1v) is 19.1. The third kappa shape index (κ3) is 8.72. The van der Waals surface area contributed by atoms with Crippen LogP contribution in [0.5, 0.6) is 0 Å². The summed E-state index contributed by atoms with van der Waals surface area (Å²) in [7, 11) is 0. The van der Waals surface area contributed by atoms with Crippen molar-refractivity contribution in [1.82, 2.24) is 15.3 Å². The summed E-state index contributed by atoms with van der Waals surface area (Å²) in [5.74, 6) is -2.12. The summed E-state index contributed by atoms with van der Waals surface area (Å²) in [6.07, 6.45) is 8.04. The van der Waals surface area contributed by atoms with Crippen molar-refractivity contribution in [2.75, 3.05) is 18.5 Å². The molecule has 2 fully saturated rings. The largest absolute Gasteiger partial charge is 0.481 e. The molecular formula is C44H50N4O8. The van der Waals surface area contributed by atoms with Crippen LogP contribution in [0.15, 0.2) is 60.9 Å². The lowest BCUT2D eigenvalue weighted by Gasteiger charge is -2.24. The Balaban J connectivity index is 1.18. The number of anilines is 1. The quantitative estimate of drug-likeness (QED) is 0.0637. The monoisotopic (exact) mass is 762 g/mol. The second-order valence-electron chi connectivity index (χ2n) is 15.9. The van der Waals surface area contributed by atoms with Gasteiger partial charge in [-0.25, -0.2) is 0 Å². The van der Waals surface area contributed by atoms with Crippen LogP contribution in [0.3, 0.4) is 0 Å². The van der Waals surface area contributed by atoms with Crippen LogP contribution >= 0.6 is 0 Å². The molecule has 0 bridgehead atoms. The minimum Gasteiger partial charge on any atom is -0.481 e. The number of hydrogen-bond donors (Lipinski definition) is 6. The molecule has 0 radical (unpaired) electrons. The molecule has 0 unspecified atom stereocenters. The molecule has 4 aromatic rings. The Morgan fingerprint density at radius 2 is 1.34 bits per heavy atom. The van der Waals surface area contributed by atoms with Crippen molar-refractivity contribution in [3.8, 4) is 11.1 Å². The molecule has 2 aromatic carbocycles. The Morgan fingerprint density at radius 1 is 0.750 bits per heavy atom. The number of ketones is 1. The lowest BCUT2D eigenvalue weighted by atomic mass is 9.84. The van der Waals surface area contributed by atoms with E-state index in [0.717, 1.165) is 75.8 Å². The van der Waals surface area contributed by atoms with E-state index in [1.54, 1.807) is 12.4 Å². The second-order valence-corrected chi connectivity index (χ2v) is 15.9. The van der Waals surface area contributed by atoms with Gasteiger partial charge in [0.1, 0.15) is 16.9 Å². The summed E-state index contributed by atoms with van der Waals surface area (Å²) in [5.41, 5.74) is 6.62. The highest BCUT2D eigenvalue weighted by Gasteiger charge is 2.35. The Bertz CT molecular complexity index is 2030. The van der Waals surface area contributed by atoms with Gasteiger partial charge in [0.25, 0.3) is 5.91 Å². The number of carbonyl (C=O) groups excluding carboxylic acids is 2. The maximum absolute atomic E-state index is 13.7. The molecule has 56 heavy (non-hydrogen) atoms. The SMILES string of the molecule is Cc1c(CC(=O)c2cc(C3CC3)c(CN[C@](C)(CO)C(=O)O)cn2)cccc1-c1cccc(NC(=O)c2cc(C3CC3)c(CC[C@@](C)(CO)C(=O)O)cn2)c1C. The zero-order chi connectivity index (χ0) is 40.4. The Labute approximate surface area is 326 Å². The number of carboxylic acid groups (broad SMARTS) is 2. The first-order chi connectivity index (χ1) is 26.7. The first-order valence-electron chi connectivity index (χ1n) is 19.1. The third-order valence-electron chi connectivity index (χ3n) is 11.5. The van der Waals surface area contributed by atoms with Gasteiger partial charge in [-0.15, -0.1) is 0 Å². The van der Waals surface area contributed by atoms with Crippen LogP contribution in [0.1, 0.15) is 118 Å². The average Bonchev–Trinajstić information content (AvgIpc) is 4.12. The number of aliphatic hydroxyl groups is 2. The number of rotatable bonds is 18. The van der Waals surface area contributed by atoms with Crippen molar-refractivity contribution in [1.29, 1.82) is 0 Å². The maximum Gasteiger partial charge on any atom is 0.326 e. The molecule has 2 heterocycles. The number of amides is 1. The highest BCUT2D eigenvalue weighted by atomic mass is 16.4. The molecule has 294 valence electrons. The molecule has 2 atom stereocenters. The highest BCUT2D eigenvalue weighted by molar-refractivity contribution is 6.04. The van der Waals surface area contributed by atoms with Crippen LogP contribution in [-0.4, -0.2) is 72.8 Å². The van der Waals surface area contributed by atoms with Crippen LogP contribution < -0.4 is 10.6 Å². The van der Waals surface area contributed by atoms with Crippen molar-refractivity contribution < 1.29 is 39.6 Å². The van der Waals surface area contributed by atoms with Gasteiger partial charge < -0.3 is 25.7 Å². The highest BCUT2D eigenvalue weighted by Crippen LogP contribution is 2.43. The average molecular weight is 763 g/mol. The van der Waals surface area contributed by atoms with Crippen molar-refractivity contribution in [3.05, 3.63) is 111 Å². The van der Waals surface area contributed by atoms with E-state index < -0.39 is 36.1 Å². The Kier molecular flexibility index (Phi) is 11.8. The van der Waals surface area contributed by atoms with E-state index in [4.69, 9.17) is 0 Å². The molecule has 2 aliphatic carbocycles. The third-order valence-corrected chi connectivity index (χ3v) is 11.5. The normalized spacial score (nSPS) is 16.1. The summed E-state index contributed by atoms with van der Waals surface area (Å²) in [5, 5.41) is 44.5.